The van der Waals surface area contributed by atoms with Crippen LogP contribution in [0.15, 0.2) is 77.7 Å². The van der Waals surface area contributed by atoms with Crippen LogP contribution in [0.4, 0.5) is 5.69 Å². The van der Waals surface area contributed by atoms with Crippen LogP contribution in [0.3, 0.4) is 0 Å². The molecule has 0 bridgehead atoms. The largest absolute Gasteiger partial charge is 0.354 e. The molecule has 0 saturated heterocycles. The van der Waals surface area contributed by atoms with E-state index in [2.05, 4.69) is 5.32 Å². The van der Waals surface area contributed by atoms with Crippen LogP contribution in [-0.4, -0.2) is 44.3 Å². The third-order valence-electron chi connectivity index (χ3n) is 6.43. The smallest absolute Gasteiger partial charge is 0.264 e. The maximum Gasteiger partial charge on any atom is 0.264 e. The number of hydrogen-bond acceptors (Lipinski definition) is 4. The van der Waals surface area contributed by atoms with Crippen molar-refractivity contribution in [1.29, 1.82) is 0 Å². The molecule has 3 aromatic rings. The number of anilines is 1. The number of nitrogens with one attached hydrogen (secondary N) is 1. The topological polar surface area (TPSA) is 86.8 Å². The number of unbranched alkanes of at least 4 members (excludes halogenated alkanes) is 1. The molecule has 3 rings (SSSR count). The molecular formula is C30H35Cl2N3O4S. The summed E-state index contributed by atoms with van der Waals surface area (Å²) in [4.78, 5) is 28.7. The van der Waals surface area contributed by atoms with Gasteiger partial charge in [0.25, 0.3) is 10.0 Å². The molecule has 3 aromatic carbocycles. The van der Waals surface area contributed by atoms with Crippen molar-refractivity contribution in [3.8, 4) is 0 Å². The second-order valence-corrected chi connectivity index (χ2v) is 12.3. The Balaban J connectivity index is 2.05. The number of hydrogen-bond donors (Lipinski definition) is 1. The second-order valence-electron chi connectivity index (χ2n) is 9.53. The number of nitrogens with zero attached hydrogens (tertiary/aromatic N) is 2. The number of carbonyl (C=O) groups excluding carboxylic acids is 2. The quantitative estimate of drug-likeness (QED) is 0.235. The Morgan fingerprint density at radius 1 is 0.925 bits per heavy atom. The normalized spacial score (nSPS) is 12.0. The Bertz CT molecular complexity index is 1380. The van der Waals surface area contributed by atoms with Crippen LogP contribution >= 0.6 is 23.2 Å². The molecule has 2 amide bonds. The van der Waals surface area contributed by atoms with Gasteiger partial charge in [-0.3, -0.25) is 13.9 Å². The monoisotopic (exact) mass is 603 g/mol. The van der Waals surface area contributed by atoms with Gasteiger partial charge in [-0.1, -0.05) is 91.5 Å². The fraction of sp³-hybridized carbons (Fsp3) is 0.333. The van der Waals surface area contributed by atoms with Crippen molar-refractivity contribution in [1.82, 2.24) is 10.2 Å². The van der Waals surface area contributed by atoms with Crippen LogP contribution in [0, 0.1) is 6.92 Å². The summed E-state index contributed by atoms with van der Waals surface area (Å²) in [6, 6.07) is 19.1. The van der Waals surface area contributed by atoms with Gasteiger partial charge in [-0.05, 0) is 55.7 Å². The SMILES string of the molecule is CCCCNC(=O)C(CC)N(Cc1ccc(C)cc1)C(=O)CN(c1cc(Cl)cc(Cl)c1)S(=O)(=O)c1ccccc1. The van der Waals surface area contributed by atoms with Gasteiger partial charge in [0.2, 0.25) is 11.8 Å². The van der Waals surface area contributed by atoms with E-state index in [0.717, 1.165) is 28.3 Å². The zero-order valence-corrected chi connectivity index (χ0v) is 25.3. The van der Waals surface area contributed by atoms with E-state index in [0.29, 0.717) is 13.0 Å². The predicted molar refractivity (Wildman–Crippen MR) is 161 cm³/mol. The highest BCUT2D eigenvalue weighted by Gasteiger charge is 2.33. The molecular weight excluding hydrogens is 569 g/mol. The summed E-state index contributed by atoms with van der Waals surface area (Å²) in [5.41, 5.74) is 2.02. The zero-order chi connectivity index (χ0) is 29.3. The Labute approximate surface area is 247 Å². The number of carbonyl (C=O) groups is 2. The Kier molecular flexibility index (Phi) is 11.4. The van der Waals surface area contributed by atoms with Crippen molar-refractivity contribution in [2.75, 3.05) is 17.4 Å². The van der Waals surface area contributed by atoms with Crippen LogP contribution in [0.2, 0.25) is 10.0 Å². The van der Waals surface area contributed by atoms with Crippen molar-refractivity contribution in [2.24, 2.45) is 0 Å². The third-order valence-corrected chi connectivity index (χ3v) is 8.66. The number of benzene rings is 3. The Morgan fingerprint density at radius 2 is 1.55 bits per heavy atom. The van der Waals surface area contributed by atoms with Crippen molar-refractivity contribution in [2.45, 2.75) is 57.5 Å². The van der Waals surface area contributed by atoms with Crippen molar-refractivity contribution in [3.05, 3.63) is 94.0 Å². The van der Waals surface area contributed by atoms with E-state index in [-0.39, 0.29) is 33.1 Å². The zero-order valence-electron chi connectivity index (χ0n) is 22.9. The van der Waals surface area contributed by atoms with Gasteiger partial charge >= 0.3 is 0 Å². The Morgan fingerprint density at radius 3 is 2.12 bits per heavy atom. The van der Waals surface area contributed by atoms with E-state index in [4.69, 9.17) is 23.2 Å². The molecule has 0 heterocycles. The van der Waals surface area contributed by atoms with Gasteiger partial charge < -0.3 is 10.2 Å². The van der Waals surface area contributed by atoms with E-state index in [9.17, 15) is 18.0 Å². The summed E-state index contributed by atoms with van der Waals surface area (Å²) in [6.07, 6.45) is 2.08. The van der Waals surface area contributed by atoms with E-state index in [1.807, 2.05) is 45.0 Å². The standard InChI is InChI=1S/C30H35Cl2N3O4S/c1-4-6-16-33-30(37)28(5-2)34(20-23-14-12-22(3)13-15-23)29(36)21-35(26-18-24(31)17-25(32)19-26)40(38,39)27-10-8-7-9-11-27/h7-15,17-19,28H,4-6,16,20-21H2,1-3H3,(H,33,37). The molecule has 214 valence electrons. The number of rotatable bonds is 13. The van der Waals surface area contributed by atoms with Crippen molar-refractivity contribution < 1.29 is 18.0 Å². The number of halogens is 2. The highest BCUT2D eigenvalue weighted by Crippen LogP contribution is 2.30. The molecule has 1 N–H and O–H groups in total. The van der Waals surface area contributed by atoms with E-state index >= 15 is 0 Å². The van der Waals surface area contributed by atoms with Gasteiger partial charge in [0.05, 0.1) is 10.6 Å². The Hall–Kier alpha value is -3.07. The lowest BCUT2D eigenvalue weighted by atomic mass is 10.1. The van der Waals surface area contributed by atoms with E-state index < -0.39 is 28.5 Å². The van der Waals surface area contributed by atoms with E-state index in [1.165, 1.54) is 35.2 Å². The third kappa shape index (κ3) is 8.22. The van der Waals surface area contributed by atoms with Crippen molar-refractivity contribution >= 4 is 50.7 Å². The molecule has 1 atom stereocenters. The molecule has 7 nitrogen and oxygen atoms in total. The molecule has 10 heteroatoms. The maximum atomic E-state index is 14.1. The van der Waals surface area contributed by atoms with Gasteiger partial charge in [-0.15, -0.1) is 0 Å². The second kappa shape index (κ2) is 14.5. The van der Waals surface area contributed by atoms with Gasteiger partial charge in [-0.25, -0.2) is 8.42 Å². The number of amides is 2. The molecule has 0 fully saturated rings. The molecule has 0 aliphatic rings. The molecule has 40 heavy (non-hydrogen) atoms. The van der Waals surface area contributed by atoms with E-state index in [1.54, 1.807) is 18.2 Å². The first kappa shape index (κ1) is 31.5. The minimum atomic E-state index is -4.20. The van der Waals surface area contributed by atoms with Crippen LogP contribution in [-0.2, 0) is 26.2 Å². The van der Waals surface area contributed by atoms with Gasteiger partial charge in [0.1, 0.15) is 12.6 Å². The van der Waals surface area contributed by atoms with Crippen LogP contribution in [0.25, 0.3) is 0 Å². The van der Waals surface area contributed by atoms with Gasteiger partial charge in [0, 0.05) is 23.1 Å². The van der Waals surface area contributed by atoms with Gasteiger partial charge in [-0.2, -0.15) is 0 Å². The first-order chi connectivity index (χ1) is 19.1. The van der Waals surface area contributed by atoms with Crippen molar-refractivity contribution in [3.63, 3.8) is 0 Å². The summed E-state index contributed by atoms with van der Waals surface area (Å²) < 4.78 is 28.7. The fourth-order valence-corrected chi connectivity index (χ4v) is 6.18. The molecule has 0 saturated carbocycles. The lowest BCUT2D eigenvalue weighted by Gasteiger charge is -2.33. The minimum Gasteiger partial charge on any atom is -0.354 e. The average molecular weight is 605 g/mol. The average Bonchev–Trinajstić information content (AvgIpc) is 2.92. The first-order valence-electron chi connectivity index (χ1n) is 13.2. The fourth-order valence-electron chi connectivity index (χ4n) is 4.25. The number of aryl methyl sites for hydroxylation is 1. The van der Waals surface area contributed by atoms with Crippen LogP contribution in [0.1, 0.15) is 44.2 Å². The highest BCUT2D eigenvalue weighted by molar-refractivity contribution is 7.92. The predicted octanol–water partition coefficient (Wildman–Crippen LogP) is 6.22. The van der Waals surface area contributed by atoms with Crippen LogP contribution in [0.5, 0.6) is 0 Å². The summed E-state index contributed by atoms with van der Waals surface area (Å²) in [5.74, 6) is -0.812. The summed E-state index contributed by atoms with van der Waals surface area (Å²) in [7, 11) is -4.20. The highest BCUT2D eigenvalue weighted by atomic mass is 35.5. The molecule has 0 aliphatic carbocycles. The summed E-state index contributed by atoms with van der Waals surface area (Å²) in [5, 5.41) is 3.37. The number of sulfonamides is 1. The minimum absolute atomic E-state index is 0.00772. The maximum absolute atomic E-state index is 14.1. The molecule has 1 unspecified atom stereocenters. The lowest BCUT2D eigenvalue weighted by molar-refractivity contribution is -0.140. The molecule has 0 spiro atoms. The molecule has 0 radical (unpaired) electrons. The van der Waals surface area contributed by atoms with Gasteiger partial charge in [0.15, 0.2) is 0 Å². The summed E-state index contributed by atoms with van der Waals surface area (Å²) >= 11 is 12.5. The first-order valence-corrected chi connectivity index (χ1v) is 15.4. The molecule has 0 aromatic heterocycles. The molecule has 0 aliphatic heterocycles. The lowest BCUT2D eigenvalue weighted by Crippen LogP contribution is -2.52. The van der Waals surface area contributed by atoms with Crippen LogP contribution < -0.4 is 9.62 Å². The summed E-state index contributed by atoms with van der Waals surface area (Å²) in [6.45, 7) is 5.89.